The average Bonchev–Trinajstić information content (AvgIpc) is 2.81. The normalized spacial score (nSPS) is 10.1. The van der Waals surface area contributed by atoms with E-state index in [1.54, 1.807) is 11.3 Å². The molecule has 1 heterocycles. The van der Waals surface area contributed by atoms with Gasteiger partial charge in [-0.15, -0.1) is 0 Å². The Morgan fingerprint density at radius 3 is 2.67 bits per heavy atom. The molecule has 0 aliphatic rings. The van der Waals surface area contributed by atoms with Crippen LogP contribution in [-0.4, -0.2) is 20.7 Å². The minimum absolute atomic E-state index is 0.264. The number of hydrogen-bond acceptors (Lipinski definition) is 2. The zero-order valence-corrected chi connectivity index (χ0v) is 10.6. The molecular weight excluding hydrogens is 271 g/mol. The van der Waals surface area contributed by atoms with Crippen LogP contribution in [0.1, 0.15) is 10.4 Å². The summed E-state index contributed by atoms with van der Waals surface area (Å²) in [7, 11) is 0. The maximum absolute atomic E-state index is 11.7. The summed E-state index contributed by atoms with van der Waals surface area (Å²) in [6, 6.07) is 12.1. The molecule has 1 aromatic heterocycles. The van der Waals surface area contributed by atoms with Crippen molar-refractivity contribution >= 4 is 36.5 Å². The third kappa shape index (κ3) is 3.03. The molecule has 0 N–H and O–H groups in total. The van der Waals surface area contributed by atoms with Crippen molar-refractivity contribution in [2.24, 2.45) is 0 Å². The Kier molecular flexibility index (Phi) is 3.73. The number of rotatable bonds is 4. The van der Waals surface area contributed by atoms with Crippen LogP contribution in [0.5, 0.6) is 0 Å². The number of thiophene rings is 1. The first-order valence-corrected chi connectivity index (χ1v) is 7.60. The van der Waals surface area contributed by atoms with Crippen molar-refractivity contribution in [2.45, 2.75) is 5.32 Å². The summed E-state index contributed by atoms with van der Waals surface area (Å²) in [6.07, 6.45) is 0. The summed E-state index contributed by atoms with van der Waals surface area (Å²) in [6.45, 7) is 0. The molecule has 0 radical (unpaired) electrons. The Morgan fingerprint density at radius 2 is 2.00 bits per heavy atom. The number of carbonyl (C=O) groups is 1. The summed E-state index contributed by atoms with van der Waals surface area (Å²) in [4.78, 5) is 11.7. The molecule has 0 atom stereocenters. The van der Waals surface area contributed by atoms with Crippen LogP contribution in [0, 0.1) is 0 Å². The molecule has 1 aromatic carbocycles. The fourth-order valence-electron chi connectivity index (χ4n) is 1.17. The molecular formula is C12H10OSSe. The van der Waals surface area contributed by atoms with Gasteiger partial charge in [-0.05, 0) is 0 Å². The minimum atomic E-state index is 0.264. The van der Waals surface area contributed by atoms with Crippen LogP contribution >= 0.6 is 11.3 Å². The van der Waals surface area contributed by atoms with Crippen LogP contribution in [-0.2, 0) is 0 Å². The van der Waals surface area contributed by atoms with E-state index >= 15 is 0 Å². The van der Waals surface area contributed by atoms with Crippen LogP contribution < -0.4 is 4.46 Å². The van der Waals surface area contributed by atoms with Gasteiger partial charge in [0.25, 0.3) is 0 Å². The monoisotopic (exact) mass is 282 g/mol. The standard InChI is InChI=1S/C12H10OSSe/c13-12(10-6-7-14-8-10)9-15-11-4-2-1-3-5-11/h1-8H,9H2. The van der Waals surface area contributed by atoms with Gasteiger partial charge in [-0.2, -0.15) is 0 Å². The molecule has 0 fully saturated rings. The quantitative estimate of drug-likeness (QED) is 0.621. The van der Waals surface area contributed by atoms with Gasteiger partial charge in [0, 0.05) is 0 Å². The molecule has 0 saturated heterocycles. The van der Waals surface area contributed by atoms with Gasteiger partial charge in [-0.1, -0.05) is 0 Å². The molecule has 0 bridgehead atoms. The summed E-state index contributed by atoms with van der Waals surface area (Å²) in [5.41, 5.74) is 0.859. The van der Waals surface area contributed by atoms with Crippen molar-refractivity contribution < 1.29 is 4.79 Å². The Bertz CT molecular complexity index is 422. The summed E-state index contributed by atoms with van der Waals surface area (Å²) in [5, 5.41) is 4.53. The fourth-order valence-corrected chi connectivity index (χ4v) is 3.54. The molecule has 0 amide bonds. The average molecular weight is 281 g/mol. The number of benzene rings is 1. The van der Waals surface area contributed by atoms with E-state index in [1.165, 1.54) is 4.46 Å². The maximum atomic E-state index is 11.7. The molecule has 0 spiro atoms. The number of hydrogen-bond donors (Lipinski definition) is 0. The van der Waals surface area contributed by atoms with E-state index in [0.29, 0.717) is 5.32 Å². The number of Topliss-reactive ketones (excluding diaryl/α,β-unsaturated/α-hetero) is 1. The topological polar surface area (TPSA) is 17.1 Å². The second kappa shape index (κ2) is 5.26. The summed E-state index contributed by atoms with van der Waals surface area (Å²) < 4.78 is 1.29. The SMILES string of the molecule is O=C(C[Se]c1ccccc1)c1ccsc1. The third-order valence-corrected chi connectivity index (χ3v) is 4.76. The van der Waals surface area contributed by atoms with Gasteiger partial charge in [0.1, 0.15) is 0 Å². The molecule has 0 aliphatic heterocycles. The summed E-state index contributed by atoms with van der Waals surface area (Å²) >= 11 is 1.84. The molecule has 1 nitrogen and oxygen atoms in total. The van der Waals surface area contributed by atoms with Crippen LogP contribution in [0.15, 0.2) is 47.2 Å². The Hall–Kier alpha value is -0.891. The molecule has 15 heavy (non-hydrogen) atoms. The Labute approximate surface area is 99.3 Å². The van der Waals surface area contributed by atoms with Crippen LogP contribution in [0.2, 0.25) is 5.32 Å². The van der Waals surface area contributed by atoms with E-state index in [2.05, 4.69) is 12.1 Å². The second-order valence-electron chi connectivity index (χ2n) is 3.04. The van der Waals surface area contributed by atoms with Gasteiger partial charge < -0.3 is 0 Å². The predicted molar refractivity (Wildman–Crippen MR) is 65.3 cm³/mol. The van der Waals surface area contributed by atoms with Crippen molar-refractivity contribution in [2.75, 3.05) is 0 Å². The van der Waals surface area contributed by atoms with Gasteiger partial charge >= 0.3 is 99.4 Å². The van der Waals surface area contributed by atoms with Crippen molar-refractivity contribution in [3.8, 4) is 0 Å². The van der Waals surface area contributed by atoms with Crippen LogP contribution in [0.3, 0.4) is 0 Å². The summed E-state index contributed by atoms with van der Waals surface area (Å²) in [5.74, 6) is 0.264. The van der Waals surface area contributed by atoms with E-state index < -0.39 is 0 Å². The zero-order valence-electron chi connectivity index (χ0n) is 8.05. The molecule has 0 aliphatic carbocycles. The van der Waals surface area contributed by atoms with Crippen LogP contribution in [0.4, 0.5) is 0 Å². The molecule has 0 saturated carbocycles. The molecule has 2 aromatic rings. The Balaban J connectivity index is 1.92. The van der Waals surface area contributed by atoms with Gasteiger partial charge in [0.05, 0.1) is 0 Å². The van der Waals surface area contributed by atoms with Gasteiger partial charge in [-0.25, -0.2) is 0 Å². The first-order chi connectivity index (χ1) is 7.36. The fraction of sp³-hybridized carbons (Fsp3) is 0.0833. The van der Waals surface area contributed by atoms with E-state index in [9.17, 15) is 4.79 Å². The number of carbonyl (C=O) groups excluding carboxylic acids is 1. The number of ketones is 1. The van der Waals surface area contributed by atoms with Gasteiger partial charge in [0.2, 0.25) is 0 Å². The van der Waals surface area contributed by atoms with Crippen LogP contribution in [0.25, 0.3) is 0 Å². The van der Waals surface area contributed by atoms with Crippen molar-refractivity contribution in [3.63, 3.8) is 0 Å². The van der Waals surface area contributed by atoms with Gasteiger partial charge in [0.15, 0.2) is 0 Å². The molecule has 2 rings (SSSR count). The van der Waals surface area contributed by atoms with Crippen molar-refractivity contribution in [1.82, 2.24) is 0 Å². The first-order valence-electron chi connectivity index (χ1n) is 4.59. The predicted octanol–water partition coefficient (Wildman–Crippen LogP) is 2.38. The molecule has 3 heteroatoms. The molecule has 0 unspecified atom stereocenters. The van der Waals surface area contributed by atoms with E-state index in [0.717, 1.165) is 5.56 Å². The first kappa shape index (κ1) is 10.6. The zero-order chi connectivity index (χ0) is 10.5. The van der Waals surface area contributed by atoms with E-state index in [1.807, 2.05) is 35.0 Å². The second-order valence-corrected chi connectivity index (χ2v) is 6.02. The third-order valence-electron chi connectivity index (χ3n) is 1.96. The van der Waals surface area contributed by atoms with E-state index in [4.69, 9.17) is 0 Å². The van der Waals surface area contributed by atoms with E-state index in [-0.39, 0.29) is 20.7 Å². The van der Waals surface area contributed by atoms with Crippen molar-refractivity contribution in [3.05, 3.63) is 52.7 Å². The van der Waals surface area contributed by atoms with Gasteiger partial charge in [-0.3, -0.25) is 0 Å². The molecule has 76 valence electrons. The van der Waals surface area contributed by atoms with Crippen molar-refractivity contribution in [1.29, 1.82) is 0 Å². The Morgan fingerprint density at radius 1 is 1.20 bits per heavy atom.